The number of hydrogen-bond donors (Lipinski definition) is 1. The molecule has 0 rings (SSSR count). The van der Waals surface area contributed by atoms with Crippen molar-refractivity contribution in [2.24, 2.45) is 0 Å². The zero-order valence-corrected chi connectivity index (χ0v) is 23.6. The molecule has 1 N–H and O–H groups in total. The summed E-state index contributed by atoms with van der Waals surface area (Å²) in [7, 11) is -4.20. The Labute approximate surface area is 224 Å². The maximum atomic E-state index is 11.5. The molecule has 0 fully saturated rings. The van der Waals surface area contributed by atoms with Crippen LogP contribution in [-0.4, -0.2) is 29.4 Å². The van der Waals surface area contributed by atoms with E-state index in [9.17, 15) is 18.1 Å². The number of unbranched alkanes of at least 4 members (excludes halogenated alkanes) is 12. The van der Waals surface area contributed by atoms with E-state index in [1.165, 1.54) is 57.8 Å². The molecule has 0 aromatic rings. The van der Waals surface area contributed by atoms with Crippen LogP contribution in [0.15, 0.2) is 0 Å². The standard InChI is InChI=1S/C23H48O4S.K/c1-3-5-7-9-11-12-14-18-22(24)19-16-17-21-23(28(25,26)27)20-15-13-10-8-6-4-2;/h22-24H,3-21H2,1-2H3,(H,25,26,27);/q;+1/p-1. The minimum absolute atomic E-state index is 0. The van der Waals surface area contributed by atoms with Gasteiger partial charge >= 0.3 is 51.4 Å². The van der Waals surface area contributed by atoms with Crippen LogP contribution in [-0.2, 0) is 10.1 Å². The monoisotopic (exact) mass is 458 g/mol. The van der Waals surface area contributed by atoms with Crippen LogP contribution in [0.2, 0.25) is 0 Å². The molecule has 29 heavy (non-hydrogen) atoms. The van der Waals surface area contributed by atoms with E-state index in [1.54, 1.807) is 0 Å². The first kappa shape index (κ1) is 32.7. The molecule has 4 nitrogen and oxygen atoms in total. The van der Waals surface area contributed by atoms with Crippen LogP contribution in [0.1, 0.15) is 136 Å². The number of aliphatic hydroxyl groups is 1. The summed E-state index contributed by atoms with van der Waals surface area (Å²) in [6.07, 6.45) is 19.1. The molecule has 0 spiro atoms. The fourth-order valence-corrected chi connectivity index (χ4v) is 4.73. The Morgan fingerprint density at radius 1 is 0.621 bits per heavy atom. The van der Waals surface area contributed by atoms with E-state index in [4.69, 9.17) is 0 Å². The van der Waals surface area contributed by atoms with Gasteiger partial charge in [0.25, 0.3) is 0 Å². The molecule has 0 amide bonds. The Hall–Kier alpha value is 1.51. The third-order valence-corrected chi connectivity index (χ3v) is 7.03. The average molecular weight is 459 g/mol. The molecule has 2 atom stereocenters. The second kappa shape index (κ2) is 22.7. The first-order valence-electron chi connectivity index (χ1n) is 12.0. The van der Waals surface area contributed by atoms with Crippen molar-refractivity contribution >= 4 is 10.1 Å². The van der Waals surface area contributed by atoms with Gasteiger partial charge in [0.2, 0.25) is 0 Å². The summed E-state index contributed by atoms with van der Waals surface area (Å²) in [5.74, 6) is 0. The van der Waals surface area contributed by atoms with Gasteiger partial charge in [0.05, 0.1) is 16.2 Å². The van der Waals surface area contributed by atoms with E-state index in [2.05, 4.69) is 13.8 Å². The van der Waals surface area contributed by atoms with E-state index in [1.807, 2.05) is 0 Å². The SMILES string of the molecule is CCCCCCCCCC(O)CCCCC(CCCCCCCC)S(=O)(=O)[O-].[K+]. The van der Waals surface area contributed by atoms with Crippen LogP contribution in [0, 0.1) is 0 Å². The van der Waals surface area contributed by atoms with Crippen molar-refractivity contribution in [1.82, 2.24) is 0 Å². The van der Waals surface area contributed by atoms with Gasteiger partial charge in [-0.15, -0.1) is 0 Å². The molecular weight excluding hydrogens is 411 g/mol. The van der Waals surface area contributed by atoms with Crippen molar-refractivity contribution in [3.05, 3.63) is 0 Å². The van der Waals surface area contributed by atoms with Gasteiger partial charge < -0.3 is 9.66 Å². The largest absolute Gasteiger partial charge is 1.00 e. The van der Waals surface area contributed by atoms with Gasteiger partial charge in [-0.3, -0.25) is 0 Å². The zero-order valence-electron chi connectivity index (χ0n) is 19.7. The molecule has 0 radical (unpaired) electrons. The molecule has 0 bridgehead atoms. The predicted octanol–water partition coefficient (Wildman–Crippen LogP) is 3.72. The smallest absolute Gasteiger partial charge is 0.748 e. The van der Waals surface area contributed by atoms with Crippen molar-refractivity contribution in [3.8, 4) is 0 Å². The Morgan fingerprint density at radius 3 is 1.34 bits per heavy atom. The summed E-state index contributed by atoms with van der Waals surface area (Å²) in [5.41, 5.74) is 0. The first-order chi connectivity index (χ1) is 13.4. The molecule has 0 aliphatic rings. The molecule has 0 aromatic heterocycles. The maximum absolute atomic E-state index is 11.5. The third kappa shape index (κ3) is 22.5. The van der Waals surface area contributed by atoms with Gasteiger partial charge in [-0.2, -0.15) is 0 Å². The summed E-state index contributed by atoms with van der Waals surface area (Å²) in [4.78, 5) is 0. The zero-order chi connectivity index (χ0) is 21.1. The minimum Gasteiger partial charge on any atom is -0.748 e. The fraction of sp³-hybridized carbons (Fsp3) is 1.00. The molecule has 0 aromatic carbocycles. The Bertz CT molecular complexity index is 429. The molecule has 6 heteroatoms. The van der Waals surface area contributed by atoms with E-state index in [-0.39, 0.29) is 57.5 Å². The van der Waals surface area contributed by atoms with Gasteiger partial charge in [0.15, 0.2) is 0 Å². The van der Waals surface area contributed by atoms with Crippen LogP contribution in [0.3, 0.4) is 0 Å². The number of rotatable bonds is 21. The van der Waals surface area contributed by atoms with Crippen LogP contribution >= 0.6 is 0 Å². The van der Waals surface area contributed by atoms with Gasteiger partial charge in [-0.1, -0.05) is 110 Å². The van der Waals surface area contributed by atoms with Crippen molar-refractivity contribution < 1.29 is 69.5 Å². The Kier molecular flexibility index (Phi) is 25.6. The molecule has 0 aliphatic heterocycles. The first-order valence-corrected chi connectivity index (χ1v) is 13.5. The summed E-state index contributed by atoms with van der Waals surface area (Å²) < 4.78 is 34.5. The molecule has 2 unspecified atom stereocenters. The molecular formula is C23H47KO4S. The summed E-state index contributed by atoms with van der Waals surface area (Å²) in [5, 5.41) is 9.34. The summed E-state index contributed by atoms with van der Waals surface area (Å²) in [6, 6.07) is 0. The molecule has 0 heterocycles. The predicted molar refractivity (Wildman–Crippen MR) is 119 cm³/mol. The van der Waals surface area contributed by atoms with E-state index in [0.29, 0.717) is 12.8 Å². The Balaban J connectivity index is 0. The van der Waals surface area contributed by atoms with Gasteiger partial charge in [0, 0.05) is 5.25 Å². The van der Waals surface area contributed by atoms with Crippen LogP contribution < -0.4 is 51.4 Å². The van der Waals surface area contributed by atoms with E-state index in [0.717, 1.165) is 51.4 Å². The number of hydrogen-bond acceptors (Lipinski definition) is 4. The topological polar surface area (TPSA) is 77.4 Å². The van der Waals surface area contributed by atoms with E-state index < -0.39 is 15.4 Å². The van der Waals surface area contributed by atoms with Crippen LogP contribution in [0.5, 0.6) is 0 Å². The van der Waals surface area contributed by atoms with Crippen molar-refractivity contribution in [2.45, 2.75) is 147 Å². The molecule has 170 valence electrons. The van der Waals surface area contributed by atoms with Crippen molar-refractivity contribution in [3.63, 3.8) is 0 Å². The maximum Gasteiger partial charge on any atom is 1.00 e. The molecule has 0 saturated heterocycles. The van der Waals surface area contributed by atoms with Gasteiger partial charge in [-0.05, 0) is 25.7 Å². The van der Waals surface area contributed by atoms with Gasteiger partial charge in [0.1, 0.15) is 0 Å². The normalized spacial score (nSPS) is 13.8. The average Bonchev–Trinajstić information content (AvgIpc) is 2.64. The molecule has 0 aliphatic carbocycles. The molecule has 0 saturated carbocycles. The second-order valence-electron chi connectivity index (χ2n) is 8.52. The van der Waals surface area contributed by atoms with Gasteiger partial charge in [-0.25, -0.2) is 8.42 Å². The summed E-state index contributed by atoms with van der Waals surface area (Å²) >= 11 is 0. The Morgan fingerprint density at radius 2 is 0.931 bits per heavy atom. The van der Waals surface area contributed by atoms with Crippen molar-refractivity contribution in [1.29, 1.82) is 0 Å². The van der Waals surface area contributed by atoms with Crippen LogP contribution in [0.25, 0.3) is 0 Å². The van der Waals surface area contributed by atoms with Crippen LogP contribution in [0.4, 0.5) is 0 Å². The van der Waals surface area contributed by atoms with Crippen molar-refractivity contribution in [2.75, 3.05) is 0 Å². The number of aliphatic hydroxyl groups excluding tert-OH is 1. The summed E-state index contributed by atoms with van der Waals surface area (Å²) in [6.45, 7) is 4.39. The third-order valence-electron chi connectivity index (χ3n) is 5.74. The quantitative estimate of drug-likeness (QED) is 0.162. The van der Waals surface area contributed by atoms with E-state index >= 15 is 0 Å². The minimum atomic E-state index is -4.20. The fourth-order valence-electron chi connectivity index (χ4n) is 3.82. The second-order valence-corrected chi connectivity index (χ2v) is 10.2.